The van der Waals surface area contributed by atoms with E-state index in [1.165, 1.54) is 55.6 Å². The fourth-order valence-electron chi connectivity index (χ4n) is 4.85. The maximum Gasteiger partial charge on any atom is 0.408 e. The number of benzene rings is 4. The molecule has 0 heterocycles. The van der Waals surface area contributed by atoms with Crippen molar-refractivity contribution in [2.45, 2.75) is 48.2 Å². The van der Waals surface area contributed by atoms with E-state index in [2.05, 4.69) is 10.0 Å². The van der Waals surface area contributed by atoms with Gasteiger partial charge in [0.2, 0.25) is 20.0 Å². The molecule has 16 nitrogen and oxygen atoms in total. The van der Waals surface area contributed by atoms with Crippen LogP contribution in [0.4, 0.5) is 25.0 Å². The molecule has 0 aliphatic rings. The van der Waals surface area contributed by atoms with Crippen LogP contribution in [-0.4, -0.2) is 62.8 Å². The Morgan fingerprint density at radius 1 is 0.839 bits per heavy atom. The minimum Gasteiger partial charge on any atom is -0.444 e. The third-order valence-corrected chi connectivity index (χ3v) is 11.9. The molecular formula is C34H36F2I2N6O10S2. The number of likely N-dealkylation sites (N-methyl/N-ethyl adjacent to an activating group) is 1. The number of ether oxygens (including phenoxy) is 1. The Morgan fingerprint density at radius 3 is 1.80 bits per heavy atom. The lowest BCUT2D eigenvalue weighted by atomic mass is 10.1. The predicted octanol–water partition coefficient (Wildman–Crippen LogP) is 6.54. The van der Waals surface area contributed by atoms with Crippen molar-refractivity contribution in [3.63, 3.8) is 0 Å². The summed E-state index contributed by atoms with van der Waals surface area (Å²) in [5.41, 5.74) is 4.82. The summed E-state index contributed by atoms with van der Waals surface area (Å²) < 4.78 is 87.7. The van der Waals surface area contributed by atoms with Crippen LogP contribution in [0, 0.1) is 39.0 Å². The zero-order valence-corrected chi connectivity index (χ0v) is 35.9. The molecule has 0 aliphatic carbocycles. The van der Waals surface area contributed by atoms with Gasteiger partial charge in [-0.05, 0) is 126 Å². The average Bonchev–Trinajstić information content (AvgIpc) is 3.08. The van der Waals surface area contributed by atoms with Crippen molar-refractivity contribution in [3.05, 3.63) is 135 Å². The number of hydrogen-bond acceptors (Lipinski definition) is 11. The molecule has 22 heteroatoms. The summed E-state index contributed by atoms with van der Waals surface area (Å²) in [6, 6.07) is 16.4. The van der Waals surface area contributed by atoms with Crippen LogP contribution in [-0.2, 0) is 24.8 Å². The van der Waals surface area contributed by atoms with Gasteiger partial charge in [-0.3, -0.25) is 20.2 Å². The van der Waals surface area contributed by atoms with Gasteiger partial charge in [0.1, 0.15) is 17.2 Å². The van der Waals surface area contributed by atoms with E-state index in [9.17, 15) is 50.6 Å². The number of nitro benzene ring substituents is 2. The summed E-state index contributed by atoms with van der Waals surface area (Å²) in [7, 11) is -7.16. The Morgan fingerprint density at radius 2 is 1.30 bits per heavy atom. The highest BCUT2D eigenvalue weighted by Crippen LogP contribution is 2.28. The van der Waals surface area contributed by atoms with Crippen molar-refractivity contribution in [3.8, 4) is 0 Å². The predicted molar refractivity (Wildman–Crippen MR) is 218 cm³/mol. The van der Waals surface area contributed by atoms with E-state index in [1.54, 1.807) is 32.9 Å². The Hall–Kier alpha value is -3.95. The van der Waals surface area contributed by atoms with E-state index in [4.69, 9.17) is 10.5 Å². The summed E-state index contributed by atoms with van der Waals surface area (Å²) >= 11 is 3.82. The van der Waals surface area contributed by atoms with E-state index >= 15 is 0 Å². The highest BCUT2D eigenvalue weighted by Gasteiger charge is 2.31. The van der Waals surface area contributed by atoms with E-state index in [1.807, 2.05) is 45.2 Å². The first kappa shape index (κ1) is 46.4. The largest absolute Gasteiger partial charge is 0.444 e. The molecule has 56 heavy (non-hydrogen) atoms. The van der Waals surface area contributed by atoms with Crippen LogP contribution in [0.5, 0.6) is 0 Å². The first-order valence-corrected chi connectivity index (χ1v) is 21.1. The molecule has 1 amide bonds. The summed E-state index contributed by atoms with van der Waals surface area (Å²) in [6.45, 7) is 4.42. The zero-order chi connectivity index (χ0) is 42.2. The van der Waals surface area contributed by atoms with Gasteiger partial charge in [0, 0.05) is 45.5 Å². The lowest BCUT2D eigenvalue weighted by Gasteiger charge is -2.24. The van der Waals surface area contributed by atoms with Crippen molar-refractivity contribution in [1.29, 1.82) is 0 Å². The number of nitro groups is 2. The molecule has 0 fully saturated rings. The van der Waals surface area contributed by atoms with E-state index < -0.39 is 93.0 Å². The smallest absolute Gasteiger partial charge is 0.408 e. The second-order valence-corrected chi connectivity index (χ2v) is 19.0. The molecule has 4 rings (SSSR count). The van der Waals surface area contributed by atoms with Gasteiger partial charge < -0.3 is 15.8 Å². The number of sulfonamides is 2. The van der Waals surface area contributed by atoms with Crippen molar-refractivity contribution in [1.82, 2.24) is 14.3 Å². The standard InChI is InChI=1S/C19H21FIN3O6S.C15H15FIN3O4S/c1-19(2,3)30-18(25)23-15(12-8-13(20)10-14(21)9-12)11-22-31(28,29)17-7-5-4-6-16(17)24(26)27;1-19(9-13(18)10-6-11(16)8-12(17)7-10)25(23,24)15-5-3-2-4-14(15)20(21)22/h4-10,15,22H,11H2,1-3H3,(H,23,25);2-8,13H,9,18H2,1H3/t15-;13-/m11/s1. The number of nitrogens with zero attached hydrogens (tertiary/aromatic N) is 3. The second kappa shape index (κ2) is 19.5. The third kappa shape index (κ3) is 13.3. The highest BCUT2D eigenvalue weighted by atomic mass is 127. The van der Waals surface area contributed by atoms with Crippen LogP contribution in [0.3, 0.4) is 0 Å². The lowest BCUT2D eigenvalue weighted by Crippen LogP contribution is -2.40. The SMILES string of the molecule is CC(C)(C)OC(=O)N[C@H](CNS(=O)(=O)c1ccccc1[N+](=O)[O-])c1cc(F)cc(I)c1.CN(C[C@@H](N)c1cc(F)cc(I)c1)S(=O)(=O)c1ccccc1[N+](=O)[O-]. The Labute approximate surface area is 348 Å². The van der Waals surface area contributed by atoms with Gasteiger partial charge in [-0.15, -0.1) is 0 Å². The van der Waals surface area contributed by atoms with Crippen LogP contribution in [0.25, 0.3) is 0 Å². The van der Waals surface area contributed by atoms with Crippen LogP contribution in [0.1, 0.15) is 44.0 Å². The molecule has 4 aromatic rings. The molecule has 4 aromatic carbocycles. The Balaban J connectivity index is 0.000000307. The summed E-state index contributed by atoms with van der Waals surface area (Å²) in [6.07, 6.45) is -0.832. The molecule has 0 bridgehead atoms. The van der Waals surface area contributed by atoms with Crippen LogP contribution < -0.4 is 15.8 Å². The number of amides is 1. The molecule has 0 unspecified atom stereocenters. The van der Waals surface area contributed by atoms with Crippen LogP contribution in [0.15, 0.2) is 94.7 Å². The first-order valence-electron chi connectivity index (χ1n) is 16.0. The summed E-state index contributed by atoms with van der Waals surface area (Å²) in [4.78, 5) is 32.0. The number of carbonyl (C=O) groups is 1. The minimum atomic E-state index is -4.31. The van der Waals surface area contributed by atoms with Crippen molar-refractivity contribution in [2.75, 3.05) is 20.1 Å². The number of nitrogens with one attached hydrogen (secondary N) is 2. The average molecular weight is 1040 g/mol. The molecule has 2 atom stereocenters. The van der Waals surface area contributed by atoms with E-state index in [-0.39, 0.29) is 6.54 Å². The topological polar surface area (TPSA) is 234 Å². The number of nitrogens with two attached hydrogens (primary N) is 1. The van der Waals surface area contributed by atoms with Crippen molar-refractivity contribution >= 4 is 82.7 Å². The van der Waals surface area contributed by atoms with Gasteiger partial charge in [0.15, 0.2) is 9.79 Å². The molecule has 0 spiro atoms. The molecule has 0 saturated heterocycles. The van der Waals surface area contributed by atoms with Gasteiger partial charge in [-0.1, -0.05) is 24.3 Å². The maximum atomic E-state index is 13.9. The van der Waals surface area contributed by atoms with Gasteiger partial charge in [-0.2, -0.15) is 4.31 Å². The number of halogens is 4. The number of alkyl carbamates (subject to hydrolysis) is 1. The lowest BCUT2D eigenvalue weighted by molar-refractivity contribution is -0.388. The fourth-order valence-corrected chi connectivity index (χ4v) is 8.73. The zero-order valence-electron chi connectivity index (χ0n) is 30.0. The molecule has 4 N–H and O–H groups in total. The quantitative estimate of drug-likeness (QED) is 0.0739. The van der Waals surface area contributed by atoms with E-state index in [0.717, 1.165) is 28.6 Å². The van der Waals surface area contributed by atoms with Crippen LogP contribution in [0.2, 0.25) is 0 Å². The van der Waals surface area contributed by atoms with Gasteiger partial charge >= 0.3 is 6.09 Å². The molecule has 302 valence electrons. The Bertz CT molecular complexity index is 2280. The van der Waals surface area contributed by atoms with Gasteiger partial charge in [0.05, 0.1) is 15.9 Å². The molecular weight excluding hydrogens is 1010 g/mol. The molecule has 0 aromatic heterocycles. The fraction of sp³-hybridized carbons (Fsp3) is 0.265. The van der Waals surface area contributed by atoms with Gasteiger partial charge in [-0.25, -0.2) is 35.1 Å². The Kier molecular flexibility index (Phi) is 16.1. The monoisotopic (exact) mass is 1040 g/mol. The normalized spacial score (nSPS) is 12.9. The number of para-hydroxylation sites is 2. The molecule has 0 aliphatic heterocycles. The summed E-state index contributed by atoms with van der Waals surface area (Å²) in [5.74, 6) is -1.04. The number of carbonyl (C=O) groups excluding carboxylic acids is 1. The number of hydrogen-bond donors (Lipinski definition) is 3. The highest BCUT2D eigenvalue weighted by molar-refractivity contribution is 14.1. The number of rotatable bonds is 13. The first-order chi connectivity index (χ1) is 25.9. The minimum absolute atomic E-state index is 0.159. The van der Waals surface area contributed by atoms with E-state index in [0.29, 0.717) is 18.3 Å². The molecule has 0 saturated carbocycles. The maximum absolute atomic E-state index is 13.9. The second-order valence-electron chi connectivity index (χ2n) is 12.8. The third-order valence-electron chi connectivity index (χ3n) is 7.32. The van der Waals surface area contributed by atoms with Crippen LogP contribution >= 0.6 is 45.2 Å². The summed E-state index contributed by atoms with van der Waals surface area (Å²) in [5, 5.41) is 24.8. The van der Waals surface area contributed by atoms with Crippen molar-refractivity contribution in [2.24, 2.45) is 5.73 Å². The van der Waals surface area contributed by atoms with Crippen molar-refractivity contribution < 1.29 is 45.0 Å². The van der Waals surface area contributed by atoms with Gasteiger partial charge in [0.25, 0.3) is 11.4 Å². The molecule has 0 radical (unpaired) electrons.